The first-order chi connectivity index (χ1) is 14.9. The molecule has 3 heterocycles. The van der Waals surface area contributed by atoms with Crippen LogP contribution in [-0.4, -0.2) is 65.6 Å². The molecule has 0 radical (unpaired) electrons. The summed E-state index contributed by atoms with van der Waals surface area (Å²) in [6.07, 6.45) is 5.37. The summed E-state index contributed by atoms with van der Waals surface area (Å²) in [6.45, 7) is 5.28. The van der Waals surface area contributed by atoms with Gasteiger partial charge in [-0.25, -0.2) is 14.4 Å². The van der Waals surface area contributed by atoms with Crippen LogP contribution in [0.1, 0.15) is 38.2 Å². The molecule has 0 spiro atoms. The zero-order chi connectivity index (χ0) is 22.0. The highest BCUT2D eigenvalue weighted by molar-refractivity contribution is 5.94. The van der Waals surface area contributed by atoms with Gasteiger partial charge in [0.05, 0.1) is 23.0 Å². The van der Waals surface area contributed by atoms with Crippen molar-refractivity contribution in [1.82, 2.24) is 14.9 Å². The van der Waals surface area contributed by atoms with E-state index in [2.05, 4.69) is 32.8 Å². The summed E-state index contributed by atoms with van der Waals surface area (Å²) in [5.74, 6) is 0.826. The molecule has 1 aromatic heterocycles. The number of piperidine rings is 2. The Kier molecular flexibility index (Phi) is 6.05. The molecular weight excluding hydrogens is 393 g/mol. The van der Waals surface area contributed by atoms with E-state index in [-0.39, 0.29) is 12.5 Å². The molecule has 2 fully saturated rings. The molecule has 2 aliphatic heterocycles. The summed E-state index contributed by atoms with van der Waals surface area (Å²) < 4.78 is 15.2. The Morgan fingerprint density at radius 3 is 2.87 bits per heavy atom. The first-order valence-electron chi connectivity index (χ1n) is 10.9. The van der Waals surface area contributed by atoms with Crippen LogP contribution in [-0.2, 0) is 0 Å². The third-order valence-electron chi connectivity index (χ3n) is 6.48. The van der Waals surface area contributed by atoms with Crippen LogP contribution in [0.25, 0.3) is 10.9 Å². The minimum Gasteiger partial charge on any atom is -0.387 e. The number of fused-ring (bicyclic) bond motifs is 1. The normalized spacial score (nSPS) is 24.8. The van der Waals surface area contributed by atoms with Crippen LogP contribution in [0, 0.1) is 17.2 Å². The van der Waals surface area contributed by atoms with Crippen molar-refractivity contribution in [3.63, 3.8) is 0 Å². The lowest BCUT2D eigenvalue weighted by Crippen LogP contribution is -2.44. The molecule has 4 rings (SSSR count). The van der Waals surface area contributed by atoms with E-state index < -0.39 is 5.67 Å². The predicted molar refractivity (Wildman–Crippen MR) is 121 cm³/mol. The van der Waals surface area contributed by atoms with Crippen LogP contribution in [0.15, 0.2) is 29.6 Å². The molecule has 0 unspecified atom stereocenters. The monoisotopic (exact) mass is 423 g/mol. The molecule has 8 heteroatoms. The highest BCUT2D eigenvalue weighted by Gasteiger charge is 2.35. The molecule has 164 valence electrons. The number of alkyl halides is 1. The average molecular weight is 424 g/mol. The van der Waals surface area contributed by atoms with Crippen molar-refractivity contribution in [3.05, 3.63) is 30.2 Å². The Hall–Kier alpha value is -2.79. The predicted octanol–water partition coefficient (Wildman–Crippen LogP) is 2.90. The van der Waals surface area contributed by atoms with Crippen LogP contribution in [0.2, 0.25) is 0 Å². The third kappa shape index (κ3) is 4.77. The van der Waals surface area contributed by atoms with Gasteiger partial charge >= 0.3 is 0 Å². The topological polar surface area (TPSA) is 94.4 Å². The summed E-state index contributed by atoms with van der Waals surface area (Å²) in [4.78, 5) is 17.7. The minimum atomic E-state index is -1.25. The average Bonchev–Trinajstić information content (AvgIpc) is 2.74. The first kappa shape index (κ1) is 21.4. The number of aromatic nitrogens is 2. The van der Waals surface area contributed by atoms with E-state index in [9.17, 15) is 5.26 Å². The van der Waals surface area contributed by atoms with E-state index in [1.54, 1.807) is 6.20 Å². The molecule has 2 aromatic rings. The van der Waals surface area contributed by atoms with E-state index in [1.165, 1.54) is 6.33 Å². The van der Waals surface area contributed by atoms with Crippen molar-refractivity contribution in [2.75, 3.05) is 38.1 Å². The molecule has 0 bridgehead atoms. The number of hydrogen-bond acceptors (Lipinski definition) is 6. The second-order valence-electron chi connectivity index (χ2n) is 9.18. The summed E-state index contributed by atoms with van der Waals surface area (Å²) in [5.41, 5.74) is 7.18. The summed E-state index contributed by atoms with van der Waals surface area (Å²) in [6, 6.07) is 5.98. The number of anilines is 1. The summed E-state index contributed by atoms with van der Waals surface area (Å²) in [5, 5.41) is 10.3. The number of amidine groups is 1. The standard InChI is InChI=1S/C23H30FN7/c1-16-9-18(29-21(26)10-23(24)5-7-30(2)8-6-23)14-31(13-16)20-4-3-17(11-25)22-19(20)12-27-15-28-22/h3-4,12,15-16,18H,5-10,13-14H2,1-2H3,(H2,26,29)/t16-,18+/m0/s1. The Morgan fingerprint density at radius 1 is 1.35 bits per heavy atom. The second kappa shape index (κ2) is 8.75. The fourth-order valence-corrected chi connectivity index (χ4v) is 4.84. The Labute approximate surface area is 182 Å². The van der Waals surface area contributed by atoms with Gasteiger partial charge in [-0.15, -0.1) is 0 Å². The van der Waals surface area contributed by atoms with E-state index >= 15 is 4.39 Å². The summed E-state index contributed by atoms with van der Waals surface area (Å²) >= 11 is 0. The quantitative estimate of drug-likeness (QED) is 0.600. The minimum absolute atomic E-state index is 0.00828. The van der Waals surface area contributed by atoms with Crippen LogP contribution >= 0.6 is 0 Å². The zero-order valence-corrected chi connectivity index (χ0v) is 18.3. The Balaban J connectivity index is 1.53. The van der Waals surface area contributed by atoms with E-state index in [0.29, 0.717) is 42.2 Å². The van der Waals surface area contributed by atoms with Crippen molar-refractivity contribution < 1.29 is 4.39 Å². The smallest absolute Gasteiger partial charge is 0.120 e. The zero-order valence-electron chi connectivity index (χ0n) is 18.3. The van der Waals surface area contributed by atoms with Gasteiger partial charge in [-0.1, -0.05) is 6.92 Å². The molecular formula is C23H30FN7. The molecule has 0 saturated carbocycles. The number of nitrogens with two attached hydrogens (primary N) is 1. The van der Waals surface area contributed by atoms with Gasteiger partial charge in [-0.3, -0.25) is 4.99 Å². The van der Waals surface area contributed by atoms with Gasteiger partial charge in [0.25, 0.3) is 0 Å². The van der Waals surface area contributed by atoms with Gasteiger partial charge in [-0.2, -0.15) is 5.26 Å². The lowest BCUT2D eigenvalue weighted by molar-refractivity contribution is 0.0758. The molecule has 31 heavy (non-hydrogen) atoms. The fraction of sp³-hybridized carbons (Fsp3) is 0.565. The number of rotatable bonds is 4. The van der Waals surface area contributed by atoms with Crippen LogP contribution in [0.4, 0.5) is 10.1 Å². The van der Waals surface area contributed by atoms with Gasteiger partial charge in [0, 0.05) is 49.9 Å². The van der Waals surface area contributed by atoms with Gasteiger partial charge in [-0.05, 0) is 44.4 Å². The third-order valence-corrected chi connectivity index (χ3v) is 6.48. The number of halogens is 1. The molecule has 2 N–H and O–H groups in total. The molecule has 0 aliphatic carbocycles. The maximum atomic E-state index is 15.2. The first-order valence-corrected chi connectivity index (χ1v) is 10.9. The molecule has 2 atom stereocenters. The van der Waals surface area contributed by atoms with Gasteiger partial charge < -0.3 is 15.5 Å². The Bertz CT molecular complexity index is 1010. The highest BCUT2D eigenvalue weighted by Crippen LogP contribution is 2.32. The maximum Gasteiger partial charge on any atom is 0.120 e. The van der Waals surface area contributed by atoms with Crippen molar-refractivity contribution in [3.8, 4) is 6.07 Å². The second-order valence-corrected chi connectivity index (χ2v) is 9.18. The van der Waals surface area contributed by atoms with Gasteiger partial charge in [0.1, 0.15) is 18.1 Å². The fourth-order valence-electron chi connectivity index (χ4n) is 4.84. The number of benzene rings is 1. The number of nitriles is 1. The lowest BCUT2D eigenvalue weighted by Gasteiger charge is -2.37. The number of likely N-dealkylation sites (tertiary alicyclic amines) is 1. The number of hydrogen-bond donors (Lipinski definition) is 1. The maximum absolute atomic E-state index is 15.2. The molecule has 0 amide bonds. The molecule has 2 saturated heterocycles. The highest BCUT2D eigenvalue weighted by atomic mass is 19.1. The van der Waals surface area contributed by atoms with Crippen molar-refractivity contribution in [1.29, 1.82) is 5.26 Å². The van der Waals surface area contributed by atoms with Crippen molar-refractivity contribution >= 4 is 22.4 Å². The van der Waals surface area contributed by atoms with Crippen molar-refractivity contribution in [2.45, 2.75) is 44.3 Å². The molecule has 2 aliphatic rings. The molecule has 7 nitrogen and oxygen atoms in total. The van der Waals surface area contributed by atoms with E-state index in [1.807, 2.05) is 19.2 Å². The Morgan fingerprint density at radius 2 is 2.13 bits per heavy atom. The summed E-state index contributed by atoms with van der Waals surface area (Å²) in [7, 11) is 2.02. The van der Waals surface area contributed by atoms with E-state index in [4.69, 9.17) is 10.7 Å². The molecule has 1 aromatic carbocycles. The number of nitrogens with zero attached hydrogens (tertiary/aromatic N) is 6. The number of aliphatic imine (C=N–C) groups is 1. The van der Waals surface area contributed by atoms with Gasteiger partial charge in [0.15, 0.2) is 0 Å². The van der Waals surface area contributed by atoms with Gasteiger partial charge in [0.2, 0.25) is 0 Å². The van der Waals surface area contributed by atoms with Crippen LogP contribution in [0.3, 0.4) is 0 Å². The van der Waals surface area contributed by atoms with E-state index in [0.717, 1.165) is 37.1 Å². The lowest BCUT2D eigenvalue weighted by atomic mass is 9.89. The van der Waals surface area contributed by atoms with Crippen LogP contribution in [0.5, 0.6) is 0 Å². The van der Waals surface area contributed by atoms with Crippen LogP contribution < -0.4 is 10.6 Å². The SMILES string of the molecule is C[C@H]1C[C@@H](N=C(N)CC2(F)CCN(C)CC2)CN(c2ccc(C#N)c3ncncc23)C1. The largest absolute Gasteiger partial charge is 0.387 e. The van der Waals surface area contributed by atoms with Crippen molar-refractivity contribution in [2.24, 2.45) is 16.6 Å².